The van der Waals surface area contributed by atoms with Crippen LogP contribution in [0.4, 0.5) is 5.69 Å². The molecule has 1 heterocycles. The van der Waals surface area contributed by atoms with Crippen LogP contribution in [0, 0.1) is 5.41 Å². The minimum Gasteiger partial charge on any atom is -0.341 e. The first-order valence-electron chi connectivity index (χ1n) is 8.00. The molecule has 3 N–H and O–H groups in total. The molecule has 24 heavy (non-hydrogen) atoms. The number of carbonyl (C=O) groups excluding carboxylic acids is 1. The number of fused-ring (bicyclic) bond motifs is 3. The molecule has 0 aliphatic rings. The molecule has 2 aromatic carbocycles. The van der Waals surface area contributed by atoms with Crippen molar-refractivity contribution in [2.75, 3.05) is 11.9 Å². The van der Waals surface area contributed by atoms with Gasteiger partial charge in [-0.15, -0.1) is 12.4 Å². The van der Waals surface area contributed by atoms with Gasteiger partial charge in [-0.3, -0.25) is 4.79 Å². The number of halogens is 1. The largest absolute Gasteiger partial charge is 0.341 e. The molecular formula is C19H24ClN3O. The standard InChI is InChI=1S/C19H23N3O.ClH/c1-4-22-16-8-6-5-7-14(16)15-11-13(9-10-17(15)22)21-18(23)19(2,3)12-20;/h5-11H,4,12,20H2,1-3H3,(H,21,23);1H. The predicted molar refractivity (Wildman–Crippen MR) is 104 cm³/mol. The number of carbonyl (C=O) groups is 1. The second kappa shape index (κ2) is 6.83. The quantitative estimate of drug-likeness (QED) is 0.745. The number of hydrogen-bond donors (Lipinski definition) is 2. The van der Waals surface area contributed by atoms with Crippen molar-refractivity contribution in [2.45, 2.75) is 27.3 Å². The molecule has 1 amide bonds. The summed E-state index contributed by atoms with van der Waals surface area (Å²) in [7, 11) is 0. The molecule has 3 aromatic rings. The van der Waals surface area contributed by atoms with Crippen molar-refractivity contribution in [1.29, 1.82) is 0 Å². The summed E-state index contributed by atoms with van der Waals surface area (Å²) in [6.07, 6.45) is 0. The molecule has 0 spiro atoms. The van der Waals surface area contributed by atoms with Crippen molar-refractivity contribution in [3.8, 4) is 0 Å². The fourth-order valence-electron chi connectivity index (χ4n) is 2.87. The lowest BCUT2D eigenvalue weighted by Crippen LogP contribution is -2.37. The number of aromatic nitrogens is 1. The molecule has 4 nitrogen and oxygen atoms in total. The zero-order valence-electron chi connectivity index (χ0n) is 14.3. The van der Waals surface area contributed by atoms with E-state index in [2.05, 4.69) is 41.1 Å². The zero-order valence-corrected chi connectivity index (χ0v) is 15.1. The van der Waals surface area contributed by atoms with Gasteiger partial charge < -0.3 is 15.6 Å². The van der Waals surface area contributed by atoms with Gasteiger partial charge in [0, 0.05) is 40.6 Å². The highest BCUT2D eigenvalue weighted by Gasteiger charge is 2.25. The number of nitrogens with zero attached hydrogens (tertiary/aromatic N) is 1. The Morgan fingerprint density at radius 3 is 2.46 bits per heavy atom. The fourth-order valence-corrected chi connectivity index (χ4v) is 2.87. The molecule has 3 rings (SSSR count). The van der Waals surface area contributed by atoms with Gasteiger partial charge in [-0.25, -0.2) is 0 Å². The molecule has 0 aliphatic heterocycles. The summed E-state index contributed by atoms with van der Waals surface area (Å²) >= 11 is 0. The van der Waals surface area contributed by atoms with E-state index >= 15 is 0 Å². The number of aryl methyl sites for hydroxylation is 1. The third-order valence-corrected chi connectivity index (χ3v) is 4.47. The van der Waals surface area contributed by atoms with Gasteiger partial charge in [-0.1, -0.05) is 18.2 Å². The first-order chi connectivity index (χ1) is 11.0. The maximum absolute atomic E-state index is 12.3. The van der Waals surface area contributed by atoms with Crippen LogP contribution in [0.15, 0.2) is 42.5 Å². The Labute approximate surface area is 148 Å². The van der Waals surface area contributed by atoms with Gasteiger partial charge in [0.2, 0.25) is 5.91 Å². The average Bonchev–Trinajstić information content (AvgIpc) is 2.88. The van der Waals surface area contributed by atoms with Crippen LogP contribution in [-0.4, -0.2) is 17.0 Å². The van der Waals surface area contributed by atoms with Crippen LogP contribution in [0.2, 0.25) is 0 Å². The van der Waals surface area contributed by atoms with E-state index in [-0.39, 0.29) is 18.3 Å². The molecule has 0 unspecified atom stereocenters. The zero-order chi connectivity index (χ0) is 16.6. The second-order valence-corrected chi connectivity index (χ2v) is 6.54. The van der Waals surface area contributed by atoms with Gasteiger partial charge in [0.25, 0.3) is 0 Å². The third kappa shape index (κ3) is 2.99. The van der Waals surface area contributed by atoms with E-state index in [0.717, 1.165) is 17.6 Å². The van der Waals surface area contributed by atoms with Crippen molar-refractivity contribution >= 4 is 45.8 Å². The summed E-state index contributed by atoms with van der Waals surface area (Å²) in [5, 5.41) is 5.35. The summed E-state index contributed by atoms with van der Waals surface area (Å²) in [5.41, 5.74) is 8.32. The van der Waals surface area contributed by atoms with Crippen molar-refractivity contribution < 1.29 is 4.79 Å². The minimum atomic E-state index is -0.577. The lowest BCUT2D eigenvalue weighted by atomic mass is 9.92. The van der Waals surface area contributed by atoms with E-state index in [0.29, 0.717) is 6.54 Å². The van der Waals surface area contributed by atoms with Crippen molar-refractivity contribution in [2.24, 2.45) is 11.1 Å². The summed E-state index contributed by atoms with van der Waals surface area (Å²) in [6.45, 7) is 7.07. The van der Waals surface area contributed by atoms with E-state index in [1.165, 1.54) is 16.4 Å². The smallest absolute Gasteiger partial charge is 0.231 e. The second-order valence-electron chi connectivity index (χ2n) is 6.54. The highest BCUT2D eigenvalue weighted by molar-refractivity contribution is 6.10. The first-order valence-corrected chi connectivity index (χ1v) is 8.00. The normalized spacial score (nSPS) is 11.5. The van der Waals surface area contributed by atoms with Crippen LogP contribution >= 0.6 is 12.4 Å². The van der Waals surface area contributed by atoms with Crippen LogP contribution in [-0.2, 0) is 11.3 Å². The summed E-state index contributed by atoms with van der Waals surface area (Å²) in [6, 6.07) is 14.4. The van der Waals surface area contributed by atoms with Crippen molar-refractivity contribution in [3.63, 3.8) is 0 Å². The molecule has 0 atom stereocenters. The van der Waals surface area contributed by atoms with Crippen molar-refractivity contribution in [3.05, 3.63) is 42.5 Å². The molecule has 0 fully saturated rings. The molecule has 1 aromatic heterocycles. The Hall–Kier alpha value is -2.04. The van der Waals surface area contributed by atoms with Gasteiger partial charge >= 0.3 is 0 Å². The lowest BCUT2D eigenvalue weighted by molar-refractivity contribution is -0.123. The third-order valence-electron chi connectivity index (χ3n) is 4.47. The van der Waals surface area contributed by atoms with Crippen LogP contribution < -0.4 is 11.1 Å². The molecular weight excluding hydrogens is 322 g/mol. The van der Waals surface area contributed by atoms with E-state index in [1.54, 1.807) is 0 Å². The molecule has 0 bridgehead atoms. The molecule has 0 saturated heterocycles. The Morgan fingerprint density at radius 1 is 1.12 bits per heavy atom. The predicted octanol–water partition coefficient (Wildman–Crippen LogP) is 4.16. The number of rotatable bonds is 4. The number of para-hydroxylation sites is 1. The number of nitrogens with one attached hydrogen (secondary N) is 1. The number of anilines is 1. The van der Waals surface area contributed by atoms with E-state index in [9.17, 15) is 4.79 Å². The summed E-state index contributed by atoms with van der Waals surface area (Å²) in [4.78, 5) is 12.3. The van der Waals surface area contributed by atoms with Crippen molar-refractivity contribution in [1.82, 2.24) is 4.57 Å². The SMILES string of the molecule is CCn1c2ccccc2c2cc(NC(=O)C(C)(C)CN)ccc21.Cl. The minimum absolute atomic E-state index is 0. The Kier molecular flexibility index (Phi) is 5.21. The summed E-state index contributed by atoms with van der Waals surface area (Å²) < 4.78 is 2.29. The van der Waals surface area contributed by atoms with Crippen LogP contribution in [0.1, 0.15) is 20.8 Å². The fraction of sp³-hybridized carbons (Fsp3) is 0.316. The van der Waals surface area contributed by atoms with E-state index < -0.39 is 5.41 Å². The summed E-state index contributed by atoms with van der Waals surface area (Å²) in [5.74, 6) is -0.0569. The average molecular weight is 346 g/mol. The highest BCUT2D eigenvalue weighted by Crippen LogP contribution is 2.31. The lowest BCUT2D eigenvalue weighted by Gasteiger charge is -2.21. The monoisotopic (exact) mass is 345 g/mol. The number of benzene rings is 2. The van der Waals surface area contributed by atoms with Gasteiger partial charge in [0.1, 0.15) is 0 Å². The van der Waals surface area contributed by atoms with Gasteiger partial charge in [-0.2, -0.15) is 0 Å². The highest BCUT2D eigenvalue weighted by atomic mass is 35.5. The van der Waals surface area contributed by atoms with Crippen LogP contribution in [0.25, 0.3) is 21.8 Å². The van der Waals surface area contributed by atoms with Gasteiger partial charge in [0.05, 0.1) is 5.41 Å². The number of hydrogen-bond acceptors (Lipinski definition) is 2. The topological polar surface area (TPSA) is 60.0 Å². The Bertz CT molecular complexity index is 883. The number of amides is 1. The molecule has 0 radical (unpaired) electrons. The van der Waals surface area contributed by atoms with Crippen LogP contribution in [0.3, 0.4) is 0 Å². The van der Waals surface area contributed by atoms with Gasteiger partial charge in [-0.05, 0) is 45.0 Å². The first kappa shape index (κ1) is 18.3. The molecule has 0 saturated carbocycles. The number of nitrogens with two attached hydrogens (primary N) is 1. The maximum Gasteiger partial charge on any atom is 0.231 e. The molecule has 5 heteroatoms. The maximum atomic E-state index is 12.3. The molecule has 128 valence electrons. The van der Waals surface area contributed by atoms with Crippen LogP contribution in [0.5, 0.6) is 0 Å². The van der Waals surface area contributed by atoms with E-state index in [4.69, 9.17) is 5.73 Å². The van der Waals surface area contributed by atoms with Gasteiger partial charge in [0.15, 0.2) is 0 Å². The Morgan fingerprint density at radius 2 is 1.79 bits per heavy atom. The van der Waals surface area contributed by atoms with E-state index in [1.807, 2.05) is 32.0 Å². The molecule has 0 aliphatic carbocycles. The Balaban J connectivity index is 0.00000208.